The first-order valence-corrected chi connectivity index (χ1v) is 16.8. The fraction of sp³-hybridized carbons (Fsp3) is 0.355. The molecule has 0 bridgehead atoms. The average Bonchev–Trinajstić information content (AvgIpc) is 2.99. The lowest BCUT2D eigenvalue weighted by atomic mass is 10.1. The van der Waals surface area contributed by atoms with Crippen molar-refractivity contribution in [2.75, 3.05) is 23.7 Å². The maximum absolute atomic E-state index is 14.1. The quantitative estimate of drug-likeness (QED) is 0.220. The molecule has 0 spiro atoms. The Hall–Kier alpha value is -3.21. The molecule has 0 fully saturated rings. The molecule has 0 unspecified atom stereocenters. The van der Waals surface area contributed by atoms with Crippen LogP contribution in [0.5, 0.6) is 5.75 Å². The Labute approximate surface area is 258 Å². The highest BCUT2D eigenvalue weighted by molar-refractivity contribution is 7.98. The molecule has 0 aromatic heterocycles. The fourth-order valence-electron chi connectivity index (χ4n) is 4.14. The summed E-state index contributed by atoms with van der Waals surface area (Å²) in [5.74, 6) is -0.322. The van der Waals surface area contributed by atoms with E-state index in [2.05, 4.69) is 5.32 Å². The van der Waals surface area contributed by atoms with Crippen molar-refractivity contribution in [1.29, 1.82) is 0 Å². The molecule has 0 saturated carbocycles. The van der Waals surface area contributed by atoms with Crippen LogP contribution in [0.2, 0.25) is 5.02 Å². The van der Waals surface area contributed by atoms with E-state index in [1.165, 1.54) is 28.8 Å². The molecule has 42 heavy (non-hydrogen) atoms. The van der Waals surface area contributed by atoms with Gasteiger partial charge in [0.05, 0.1) is 17.2 Å². The molecule has 0 aliphatic heterocycles. The van der Waals surface area contributed by atoms with E-state index >= 15 is 0 Å². The minimum atomic E-state index is -4.17. The summed E-state index contributed by atoms with van der Waals surface area (Å²) in [7, 11) is -4.17. The van der Waals surface area contributed by atoms with Gasteiger partial charge < -0.3 is 15.0 Å². The van der Waals surface area contributed by atoms with Crippen molar-refractivity contribution in [2.45, 2.75) is 62.5 Å². The lowest BCUT2D eigenvalue weighted by Gasteiger charge is -2.32. The third-order valence-corrected chi connectivity index (χ3v) is 9.73. The molecular weight excluding hydrogens is 594 g/mol. The summed E-state index contributed by atoms with van der Waals surface area (Å²) in [6.45, 7) is 7.26. The molecule has 2 atom stereocenters. The highest BCUT2D eigenvalue weighted by Crippen LogP contribution is 2.28. The number of amides is 2. The van der Waals surface area contributed by atoms with E-state index in [1.54, 1.807) is 67.6 Å². The molecule has 0 radical (unpaired) electrons. The van der Waals surface area contributed by atoms with Crippen molar-refractivity contribution in [2.24, 2.45) is 0 Å². The minimum absolute atomic E-state index is 0.0210. The Balaban J connectivity index is 2.04. The summed E-state index contributed by atoms with van der Waals surface area (Å²) in [4.78, 5) is 29.6. The van der Waals surface area contributed by atoms with Crippen LogP contribution in [0.25, 0.3) is 0 Å². The Morgan fingerprint density at radius 1 is 0.976 bits per heavy atom. The maximum Gasteiger partial charge on any atom is 0.264 e. The highest BCUT2D eigenvalue weighted by atomic mass is 35.5. The normalized spacial score (nSPS) is 12.7. The van der Waals surface area contributed by atoms with Crippen LogP contribution in [0.15, 0.2) is 82.6 Å². The molecule has 2 amide bonds. The predicted octanol–water partition coefficient (Wildman–Crippen LogP) is 5.99. The van der Waals surface area contributed by atoms with Crippen molar-refractivity contribution < 1.29 is 22.7 Å². The number of nitrogens with one attached hydrogen (secondary N) is 1. The van der Waals surface area contributed by atoms with Gasteiger partial charge in [0, 0.05) is 22.5 Å². The molecule has 8 nitrogen and oxygen atoms in total. The first kappa shape index (κ1) is 33.3. The molecule has 1 N–H and O–H groups in total. The van der Waals surface area contributed by atoms with Gasteiger partial charge in [-0.15, -0.1) is 11.8 Å². The smallest absolute Gasteiger partial charge is 0.264 e. The molecule has 0 heterocycles. The first-order chi connectivity index (χ1) is 20.0. The second-order valence-corrected chi connectivity index (χ2v) is 12.9. The number of hydrogen-bond acceptors (Lipinski definition) is 6. The number of halogens is 1. The van der Waals surface area contributed by atoms with Gasteiger partial charge in [-0.3, -0.25) is 13.9 Å². The van der Waals surface area contributed by atoms with E-state index in [9.17, 15) is 18.0 Å². The summed E-state index contributed by atoms with van der Waals surface area (Å²) >= 11 is 7.92. The molecule has 0 aliphatic rings. The van der Waals surface area contributed by atoms with Crippen LogP contribution < -0.4 is 14.4 Å². The number of carbonyl (C=O) groups excluding carboxylic acids is 2. The summed E-state index contributed by atoms with van der Waals surface area (Å²) in [6, 6.07) is 19.1. The summed E-state index contributed by atoms with van der Waals surface area (Å²) in [5, 5.41) is 3.36. The van der Waals surface area contributed by atoms with Gasteiger partial charge in [-0.2, -0.15) is 0 Å². The lowest BCUT2D eigenvalue weighted by molar-refractivity contribution is -0.139. The summed E-state index contributed by atoms with van der Waals surface area (Å²) in [6.07, 6.45) is 2.62. The van der Waals surface area contributed by atoms with Crippen molar-refractivity contribution in [3.05, 3.63) is 83.4 Å². The van der Waals surface area contributed by atoms with Gasteiger partial charge >= 0.3 is 0 Å². The predicted molar refractivity (Wildman–Crippen MR) is 170 cm³/mol. The van der Waals surface area contributed by atoms with Crippen molar-refractivity contribution in [3.63, 3.8) is 0 Å². The standard InChI is InChI=1S/C31H38ClN3O5S2/c1-6-22(3)33-31(37)23(4)34(20-24-10-8-9-11-29(24)32)30(36)21-35(25-12-14-26(15-13-25)40-7-2)42(38,39)28-18-16-27(41-5)17-19-28/h8-19,22-23H,6-7,20-21H2,1-5H3,(H,33,37)/t22-,23+/m1/s1. The third kappa shape index (κ3) is 8.42. The van der Waals surface area contributed by atoms with Crippen LogP contribution in [-0.2, 0) is 26.2 Å². The number of anilines is 1. The Morgan fingerprint density at radius 3 is 2.19 bits per heavy atom. The zero-order valence-electron chi connectivity index (χ0n) is 24.5. The van der Waals surface area contributed by atoms with E-state index in [0.29, 0.717) is 22.9 Å². The topological polar surface area (TPSA) is 96.0 Å². The van der Waals surface area contributed by atoms with Crippen molar-refractivity contribution >= 4 is 50.9 Å². The van der Waals surface area contributed by atoms with Crippen LogP contribution in [0.4, 0.5) is 5.69 Å². The monoisotopic (exact) mass is 631 g/mol. The van der Waals surface area contributed by atoms with E-state index < -0.39 is 28.5 Å². The zero-order valence-corrected chi connectivity index (χ0v) is 26.9. The average molecular weight is 632 g/mol. The van der Waals surface area contributed by atoms with Crippen LogP contribution in [0.1, 0.15) is 39.7 Å². The molecule has 0 aliphatic carbocycles. The van der Waals surface area contributed by atoms with Gasteiger partial charge in [0.2, 0.25) is 11.8 Å². The zero-order chi connectivity index (χ0) is 30.9. The van der Waals surface area contributed by atoms with Crippen LogP contribution in [-0.4, -0.2) is 56.6 Å². The number of ether oxygens (including phenoxy) is 1. The van der Waals surface area contributed by atoms with Gasteiger partial charge in [0.1, 0.15) is 18.3 Å². The fourth-order valence-corrected chi connectivity index (χ4v) is 6.16. The van der Waals surface area contributed by atoms with E-state index in [1.807, 2.05) is 27.0 Å². The summed E-state index contributed by atoms with van der Waals surface area (Å²) < 4.78 is 34.6. The molecule has 226 valence electrons. The van der Waals surface area contributed by atoms with Gasteiger partial charge in [-0.1, -0.05) is 36.7 Å². The first-order valence-electron chi connectivity index (χ1n) is 13.7. The number of carbonyl (C=O) groups is 2. The van der Waals surface area contributed by atoms with Crippen LogP contribution >= 0.6 is 23.4 Å². The Morgan fingerprint density at radius 2 is 1.62 bits per heavy atom. The van der Waals surface area contributed by atoms with E-state index in [-0.39, 0.29) is 29.1 Å². The third-order valence-electron chi connectivity index (χ3n) is 6.83. The Kier molecular flexibility index (Phi) is 12.1. The molecule has 3 aromatic rings. The van der Waals surface area contributed by atoms with Gasteiger partial charge in [-0.25, -0.2) is 8.42 Å². The molecule has 3 aromatic carbocycles. The minimum Gasteiger partial charge on any atom is -0.494 e. The largest absolute Gasteiger partial charge is 0.494 e. The van der Waals surface area contributed by atoms with Crippen LogP contribution in [0.3, 0.4) is 0 Å². The molecular formula is C31H38ClN3O5S2. The highest BCUT2D eigenvalue weighted by Gasteiger charge is 2.33. The number of nitrogens with zero attached hydrogens (tertiary/aromatic N) is 2. The molecule has 0 saturated heterocycles. The number of hydrogen-bond donors (Lipinski definition) is 1. The van der Waals surface area contributed by atoms with E-state index in [0.717, 1.165) is 15.6 Å². The molecule has 3 rings (SSSR count). The SMILES string of the molecule is CCOc1ccc(N(CC(=O)N(Cc2ccccc2Cl)[C@@H](C)C(=O)N[C@H](C)CC)S(=O)(=O)c2ccc(SC)cc2)cc1. The Bertz CT molecular complexity index is 1450. The van der Waals surface area contributed by atoms with Gasteiger partial charge in [-0.05, 0) is 93.6 Å². The van der Waals surface area contributed by atoms with Gasteiger partial charge in [0.15, 0.2) is 0 Å². The number of rotatable bonds is 14. The molecule has 11 heteroatoms. The van der Waals surface area contributed by atoms with Crippen LogP contribution in [0, 0.1) is 0 Å². The van der Waals surface area contributed by atoms with Crippen molar-refractivity contribution in [3.8, 4) is 5.75 Å². The maximum atomic E-state index is 14.1. The second-order valence-electron chi connectivity index (χ2n) is 9.72. The number of benzene rings is 3. The second kappa shape index (κ2) is 15.3. The number of thioether (sulfide) groups is 1. The lowest BCUT2D eigenvalue weighted by Crippen LogP contribution is -2.52. The van der Waals surface area contributed by atoms with Crippen molar-refractivity contribution in [1.82, 2.24) is 10.2 Å². The summed E-state index contributed by atoms with van der Waals surface area (Å²) in [5.41, 5.74) is 0.925. The van der Waals surface area contributed by atoms with Gasteiger partial charge in [0.25, 0.3) is 10.0 Å². The number of sulfonamides is 1. The van der Waals surface area contributed by atoms with E-state index in [4.69, 9.17) is 16.3 Å².